The first-order chi connectivity index (χ1) is 10.2. The Morgan fingerprint density at radius 3 is 2.57 bits per heavy atom. The van der Waals surface area contributed by atoms with Crippen LogP contribution in [-0.2, 0) is 16.8 Å². The van der Waals surface area contributed by atoms with E-state index in [2.05, 4.69) is 17.1 Å². The van der Waals surface area contributed by atoms with Crippen molar-refractivity contribution in [3.63, 3.8) is 0 Å². The summed E-state index contributed by atoms with van der Waals surface area (Å²) in [5, 5.41) is 14.0. The summed E-state index contributed by atoms with van der Waals surface area (Å²) in [6.07, 6.45) is 8.42. The van der Waals surface area contributed by atoms with Gasteiger partial charge in [0.05, 0.1) is 12.5 Å². The second-order valence-electron chi connectivity index (χ2n) is 6.00. The number of rotatable bonds is 7. The molecule has 1 unspecified atom stereocenters. The molecule has 0 bridgehead atoms. The summed E-state index contributed by atoms with van der Waals surface area (Å²) < 4.78 is 11.4. The van der Waals surface area contributed by atoms with Crippen molar-refractivity contribution in [1.82, 2.24) is 10.1 Å². The average Bonchev–Trinajstić information content (AvgIpc) is 2.79. The lowest BCUT2D eigenvalue weighted by Gasteiger charge is -2.29. The van der Waals surface area contributed by atoms with Crippen LogP contribution < -0.4 is 0 Å². The molecule has 2 rings (SSSR count). The monoisotopic (exact) mass is 296 g/mol. The smallest absolute Gasteiger partial charge is 0.229 e. The fourth-order valence-corrected chi connectivity index (χ4v) is 3.17. The van der Waals surface area contributed by atoms with Gasteiger partial charge in [0.15, 0.2) is 0 Å². The summed E-state index contributed by atoms with van der Waals surface area (Å²) in [5.74, 6) is 1.19. The molecule has 0 spiro atoms. The summed E-state index contributed by atoms with van der Waals surface area (Å²) in [5.41, 5.74) is -0.386. The van der Waals surface area contributed by atoms with Gasteiger partial charge in [-0.2, -0.15) is 4.98 Å². The van der Waals surface area contributed by atoms with Gasteiger partial charge in [0.1, 0.15) is 5.60 Å². The minimum absolute atomic E-state index is 0.386. The van der Waals surface area contributed by atoms with Gasteiger partial charge < -0.3 is 14.4 Å². The molecule has 1 atom stereocenters. The van der Waals surface area contributed by atoms with Gasteiger partial charge in [-0.25, -0.2) is 0 Å². The fraction of sp³-hybridized carbons (Fsp3) is 0.875. The van der Waals surface area contributed by atoms with Crippen molar-refractivity contribution in [2.24, 2.45) is 0 Å². The molecule has 0 amide bonds. The van der Waals surface area contributed by atoms with Gasteiger partial charge in [-0.3, -0.25) is 0 Å². The Labute approximate surface area is 127 Å². The molecule has 0 aliphatic heterocycles. The van der Waals surface area contributed by atoms with E-state index in [9.17, 15) is 5.11 Å². The highest BCUT2D eigenvalue weighted by atomic mass is 16.5. The molecule has 1 heterocycles. The van der Waals surface area contributed by atoms with E-state index in [-0.39, 0.29) is 5.60 Å². The van der Waals surface area contributed by atoms with Crippen molar-refractivity contribution in [2.45, 2.75) is 83.3 Å². The first kappa shape index (κ1) is 16.4. The second-order valence-corrected chi connectivity index (χ2v) is 6.00. The molecule has 120 valence electrons. The number of aliphatic hydroxyl groups is 1. The summed E-state index contributed by atoms with van der Waals surface area (Å²) in [6.45, 7) is 4.72. The van der Waals surface area contributed by atoms with E-state index >= 15 is 0 Å². The zero-order valence-corrected chi connectivity index (χ0v) is 13.3. The SMILES string of the molecule is CCCC(O)Cc1nc(C2(OCC)CCCCCC2)no1. The summed E-state index contributed by atoms with van der Waals surface area (Å²) in [7, 11) is 0. The molecule has 1 aliphatic carbocycles. The van der Waals surface area contributed by atoms with Gasteiger partial charge in [-0.1, -0.05) is 44.2 Å². The van der Waals surface area contributed by atoms with Crippen LogP contribution in [-0.4, -0.2) is 28.0 Å². The van der Waals surface area contributed by atoms with Crippen molar-refractivity contribution in [1.29, 1.82) is 0 Å². The maximum atomic E-state index is 9.88. The van der Waals surface area contributed by atoms with Crippen LogP contribution in [0.3, 0.4) is 0 Å². The van der Waals surface area contributed by atoms with Crippen molar-refractivity contribution in [3.8, 4) is 0 Å². The normalized spacial score (nSPS) is 20.1. The zero-order valence-electron chi connectivity index (χ0n) is 13.3. The third kappa shape index (κ3) is 4.27. The predicted octanol–water partition coefficient (Wildman–Crippen LogP) is 3.36. The van der Waals surface area contributed by atoms with Gasteiger partial charge in [-0.15, -0.1) is 0 Å². The number of aliphatic hydroxyl groups excluding tert-OH is 1. The maximum absolute atomic E-state index is 9.88. The minimum Gasteiger partial charge on any atom is -0.393 e. The lowest BCUT2D eigenvalue weighted by molar-refractivity contribution is -0.0636. The molecule has 0 saturated heterocycles. The largest absolute Gasteiger partial charge is 0.393 e. The standard InChI is InChI=1S/C16H28N2O3/c1-3-9-13(19)12-14-17-15(18-21-14)16(20-4-2)10-7-5-6-8-11-16/h13,19H,3-12H2,1-2H3. The molecular formula is C16H28N2O3. The molecule has 1 aliphatic rings. The molecule has 1 fully saturated rings. The summed E-state index contributed by atoms with van der Waals surface area (Å²) in [4.78, 5) is 4.53. The Hall–Kier alpha value is -0.940. The number of nitrogens with zero attached hydrogens (tertiary/aromatic N) is 2. The quantitative estimate of drug-likeness (QED) is 0.781. The van der Waals surface area contributed by atoms with Crippen molar-refractivity contribution in [3.05, 3.63) is 11.7 Å². The van der Waals surface area contributed by atoms with E-state index in [1.807, 2.05) is 6.92 Å². The molecule has 1 N–H and O–H groups in total. The van der Waals surface area contributed by atoms with E-state index in [4.69, 9.17) is 9.26 Å². The Balaban J connectivity index is 2.11. The fourth-order valence-electron chi connectivity index (χ4n) is 3.17. The molecule has 21 heavy (non-hydrogen) atoms. The van der Waals surface area contributed by atoms with E-state index in [0.29, 0.717) is 24.7 Å². The molecule has 1 aromatic heterocycles. The van der Waals surface area contributed by atoms with Gasteiger partial charge in [-0.05, 0) is 26.2 Å². The lowest BCUT2D eigenvalue weighted by atomic mass is 9.93. The summed E-state index contributed by atoms with van der Waals surface area (Å²) >= 11 is 0. The Morgan fingerprint density at radius 2 is 1.95 bits per heavy atom. The van der Waals surface area contributed by atoms with E-state index < -0.39 is 6.10 Å². The topological polar surface area (TPSA) is 68.4 Å². The van der Waals surface area contributed by atoms with Crippen LogP contribution in [0.25, 0.3) is 0 Å². The lowest BCUT2D eigenvalue weighted by Crippen LogP contribution is -2.31. The van der Waals surface area contributed by atoms with Crippen LogP contribution in [0.5, 0.6) is 0 Å². The Bertz CT molecular complexity index is 411. The number of aromatic nitrogens is 2. The molecule has 1 aromatic rings. The zero-order chi connectivity index (χ0) is 15.1. The van der Waals surface area contributed by atoms with Crippen LogP contribution in [0.15, 0.2) is 4.52 Å². The third-order valence-electron chi connectivity index (χ3n) is 4.24. The highest BCUT2D eigenvalue weighted by Gasteiger charge is 2.38. The van der Waals surface area contributed by atoms with Gasteiger partial charge in [0, 0.05) is 6.61 Å². The number of ether oxygens (including phenoxy) is 1. The molecule has 5 heteroatoms. The van der Waals surface area contributed by atoms with Crippen LogP contribution in [0.2, 0.25) is 0 Å². The van der Waals surface area contributed by atoms with Crippen LogP contribution in [0.4, 0.5) is 0 Å². The maximum Gasteiger partial charge on any atom is 0.229 e. The molecule has 0 radical (unpaired) electrons. The first-order valence-corrected chi connectivity index (χ1v) is 8.35. The minimum atomic E-state index is -0.402. The first-order valence-electron chi connectivity index (χ1n) is 8.35. The van der Waals surface area contributed by atoms with Crippen molar-refractivity contribution in [2.75, 3.05) is 6.61 Å². The number of hydrogen-bond donors (Lipinski definition) is 1. The van der Waals surface area contributed by atoms with Crippen molar-refractivity contribution < 1.29 is 14.4 Å². The predicted molar refractivity (Wildman–Crippen MR) is 79.9 cm³/mol. The van der Waals surface area contributed by atoms with E-state index in [1.54, 1.807) is 0 Å². The molecule has 5 nitrogen and oxygen atoms in total. The number of hydrogen-bond acceptors (Lipinski definition) is 5. The van der Waals surface area contributed by atoms with Crippen LogP contribution >= 0.6 is 0 Å². The average molecular weight is 296 g/mol. The Kier molecular flexibility index (Phi) is 6.18. The second kappa shape index (κ2) is 7.90. The Morgan fingerprint density at radius 1 is 1.24 bits per heavy atom. The highest BCUT2D eigenvalue weighted by Crippen LogP contribution is 2.38. The molecule has 1 saturated carbocycles. The van der Waals surface area contributed by atoms with Crippen LogP contribution in [0.1, 0.15) is 76.9 Å². The third-order valence-corrected chi connectivity index (χ3v) is 4.24. The van der Waals surface area contributed by atoms with Gasteiger partial charge >= 0.3 is 0 Å². The van der Waals surface area contributed by atoms with Crippen molar-refractivity contribution >= 4 is 0 Å². The van der Waals surface area contributed by atoms with Gasteiger partial charge in [0.2, 0.25) is 11.7 Å². The molecule has 0 aromatic carbocycles. The van der Waals surface area contributed by atoms with E-state index in [0.717, 1.165) is 38.5 Å². The van der Waals surface area contributed by atoms with Crippen LogP contribution in [0, 0.1) is 0 Å². The van der Waals surface area contributed by atoms with Gasteiger partial charge in [0.25, 0.3) is 0 Å². The van der Waals surface area contributed by atoms with E-state index in [1.165, 1.54) is 12.8 Å². The summed E-state index contributed by atoms with van der Waals surface area (Å²) in [6, 6.07) is 0. The highest BCUT2D eigenvalue weighted by molar-refractivity contribution is 5.03. The molecular weight excluding hydrogens is 268 g/mol.